The highest BCUT2D eigenvalue weighted by Gasteiger charge is 2.58. The maximum Gasteiger partial charge on any atom is 0.408 e. The second-order valence-corrected chi connectivity index (χ2v) is 18.8. The Balaban J connectivity index is 1.23. The minimum atomic E-state index is -0.976. The monoisotopic (exact) mass is 810 g/mol. The van der Waals surface area contributed by atoms with E-state index in [9.17, 15) is 33.6 Å². The maximum atomic E-state index is 14.7. The van der Waals surface area contributed by atoms with Crippen LogP contribution in [0.4, 0.5) is 4.79 Å². The first-order valence-corrected chi connectivity index (χ1v) is 21.2. The molecule has 1 heterocycles. The summed E-state index contributed by atoms with van der Waals surface area (Å²) >= 11 is 0. The summed E-state index contributed by atoms with van der Waals surface area (Å²) in [5.74, 6) is -4.87. The van der Waals surface area contributed by atoms with Gasteiger partial charge in [0.25, 0.3) is 5.91 Å². The summed E-state index contributed by atoms with van der Waals surface area (Å²) in [6, 6.07) is -1.64. The van der Waals surface area contributed by atoms with Gasteiger partial charge in [0.1, 0.15) is 11.6 Å². The lowest BCUT2D eigenvalue weighted by Crippen LogP contribution is -2.55. The van der Waals surface area contributed by atoms with Crippen LogP contribution in [0.3, 0.4) is 0 Å². The number of nitrogens with zero attached hydrogens (tertiary/aromatic N) is 1. The van der Waals surface area contributed by atoms with E-state index in [2.05, 4.69) is 26.6 Å². The average molecular weight is 811 g/mol. The lowest BCUT2D eigenvalue weighted by Gasteiger charge is -2.34. The van der Waals surface area contributed by atoms with Crippen LogP contribution in [0.25, 0.3) is 0 Å². The summed E-state index contributed by atoms with van der Waals surface area (Å²) in [5, 5.41) is 14.1. The Bertz CT molecular complexity index is 1610. The maximum absolute atomic E-state index is 14.7. The fourth-order valence-electron chi connectivity index (χ4n) is 9.15. The van der Waals surface area contributed by atoms with Crippen molar-refractivity contribution in [3.05, 3.63) is 24.3 Å². The molecule has 8 atom stereocenters. The zero-order valence-corrected chi connectivity index (χ0v) is 35.4. The molecule has 58 heavy (non-hydrogen) atoms. The van der Waals surface area contributed by atoms with Gasteiger partial charge in [-0.25, -0.2) is 4.79 Å². The molecule has 0 aromatic heterocycles. The lowest BCUT2D eigenvalue weighted by molar-refractivity contribution is -0.139. The van der Waals surface area contributed by atoms with E-state index in [1.807, 2.05) is 38.2 Å². The number of alkyl carbamates (subject to hydrolysis) is 1. The van der Waals surface area contributed by atoms with Crippen LogP contribution in [-0.4, -0.2) is 109 Å². The zero-order valence-electron chi connectivity index (χ0n) is 35.4. The number of hydrogen-bond acceptors (Lipinski definition) is 10. The smallest absolute Gasteiger partial charge is 0.408 e. The van der Waals surface area contributed by atoms with Gasteiger partial charge in [-0.3, -0.25) is 34.1 Å². The molecule has 4 aliphatic carbocycles. The predicted molar refractivity (Wildman–Crippen MR) is 216 cm³/mol. The number of likely N-dealkylation sites (N-methyl/N-ethyl adjacent to an activating group) is 1. The molecule has 0 spiro atoms. The zero-order chi connectivity index (χ0) is 42.4. The fraction of sp³-hybridized carbons (Fsp3) is 0.744. The number of amides is 5. The SMILES string of the molecule is CN(C)C(=O)[C@@H](NC(=O)CNC(=O)C(=O)CNC(CC1CC1)NC(=O)[C@H]1C(C(=O)C(NC(=O)OC(C)(C)C)C2CCCCC2)C[C@@H]2OC(C)(C)C[C@@H]21)C1C=CC=CC1. The molecule has 322 valence electrons. The lowest BCUT2D eigenvalue weighted by atomic mass is 9.75. The molecule has 0 aromatic rings. The van der Waals surface area contributed by atoms with Gasteiger partial charge in [0.05, 0.1) is 42.9 Å². The van der Waals surface area contributed by atoms with Gasteiger partial charge in [-0.2, -0.15) is 0 Å². The number of ether oxygens (including phenoxy) is 2. The number of carbonyl (C=O) groups excluding carboxylic acids is 7. The number of Topliss-reactive ketones (excluding diaryl/α,β-unsaturated/α-hetero) is 2. The highest BCUT2D eigenvalue weighted by molar-refractivity contribution is 6.37. The van der Waals surface area contributed by atoms with E-state index in [0.717, 1.165) is 44.9 Å². The van der Waals surface area contributed by atoms with Crippen LogP contribution in [0.2, 0.25) is 0 Å². The van der Waals surface area contributed by atoms with Crippen molar-refractivity contribution < 1.29 is 43.0 Å². The molecule has 15 nitrogen and oxygen atoms in total. The van der Waals surface area contributed by atoms with Gasteiger partial charge in [-0.15, -0.1) is 0 Å². The fourth-order valence-corrected chi connectivity index (χ4v) is 9.15. The molecule has 5 N–H and O–H groups in total. The van der Waals surface area contributed by atoms with Crippen molar-refractivity contribution in [1.82, 2.24) is 31.5 Å². The van der Waals surface area contributed by atoms with Crippen molar-refractivity contribution in [1.29, 1.82) is 0 Å². The highest BCUT2D eigenvalue weighted by Crippen LogP contribution is 2.51. The topological polar surface area (TPSA) is 201 Å². The Morgan fingerprint density at radius 2 is 1.60 bits per heavy atom. The first kappa shape index (κ1) is 45.0. The Kier molecular flexibility index (Phi) is 15.0. The van der Waals surface area contributed by atoms with Crippen LogP contribution in [-0.2, 0) is 38.2 Å². The predicted octanol–water partition coefficient (Wildman–Crippen LogP) is 3.07. The number of carbonyl (C=O) groups is 7. The van der Waals surface area contributed by atoms with E-state index in [4.69, 9.17) is 9.47 Å². The van der Waals surface area contributed by atoms with E-state index in [0.29, 0.717) is 31.6 Å². The Labute approximate surface area is 343 Å². The standard InChI is InChI=1S/C43H66N6O9/c1-42(2,3)58-41(56)48-35(26-14-10-8-11-15-26)37(52)28-21-31-29(22-43(4,5)57-31)34(28)39(54)46-32(20-25-18-19-25)44-23-30(50)38(53)45-24-33(51)47-36(40(55)49(6)7)27-16-12-9-13-17-27/h9,12-13,16,25-29,31-32,34-36,44H,8,10-11,14-15,17-24H2,1-7H3,(H,45,53)(H,46,54)(H,47,51)(H,48,56)/t27?,28?,29-,31-,32?,34-,35?,36-/m0/s1. The van der Waals surface area contributed by atoms with Crippen LogP contribution < -0.4 is 26.6 Å². The third kappa shape index (κ3) is 12.5. The molecular weight excluding hydrogens is 745 g/mol. The van der Waals surface area contributed by atoms with Crippen molar-refractivity contribution in [2.45, 2.75) is 141 Å². The Morgan fingerprint density at radius 3 is 2.22 bits per heavy atom. The number of hydrogen-bond donors (Lipinski definition) is 5. The van der Waals surface area contributed by atoms with Crippen molar-refractivity contribution in [3.63, 3.8) is 0 Å². The largest absolute Gasteiger partial charge is 0.444 e. The van der Waals surface area contributed by atoms with Gasteiger partial charge in [-0.05, 0) is 85.0 Å². The number of nitrogens with one attached hydrogen (secondary N) is 5. The van der Waals surface area contributed by atoms with Gasteiger partial charge in [-0.1, -0.05) is 56.4 Å². The van der Waals surface area contributed by atoms with Crippen LogP contribution in [0, 0.1) is 35.5 Å². The molecule has 4 unspecified atom stereocenters. The summed E-state index contributed by atoms with van der Waals surface area (Å²) < 4.78 is 12.0. The molecule has 3 saturated carbocycles. The van der Waals surface area contributed by atoms with Gasteiger partial charge in [0, 0.05) is 31.8 Å². The molecule has 0 radical (unpaired) electrons. The van der Waals surface area contributed by atoms with Gasteiger partial charge >= 0.3 is 6.09 Å². The van der Waals surface area contributed by atoms with Crippen LogP contribution >= 0.6 is 0 Å². The number of fused-ring (bicyclic) bond motifs is 1. The molecular formula is C43H66N6O9. The van der Waals surface area contributed by atoms with E-state index in [1.54, 1.807) is 34.9 Å². The van der Waals surface area contributed by atoms with Crippen LogP contribution in [0.1, 0.15) is 105 Å². The summed E-state index contributed by atoms with van der Waals surface area (Å²) in [6.45, 7) is 8.38. The van der Waals surface area contributed by atoms with E-state index < -0.39 is 78.1 Å². The second kappa shape index (κ2) is 19.3. The van der Waals surface area contributed by atoms with Crippen molar-refractivity contribution in [2.75, 3.05) is 27.2 Å². The molecule has 0 bridgehead atoms. The van der Waals surface area contributed by atoms with E-state index >= 15 is 0 Å². The Hall–Kier alpha value is -4.11. The van der Waals surface area contributed by atoms with Gasteiger partial charge < -0.3 is 35.6 Å². The van der Waals surface area contributed by atoms with E-state index in [1.165, 1.54) is 4.90 Å². The Morgan fingerprint density at radius 1 is 0.897 bits per heavy atom. The minimum absolute atomic E-state index is 0.0729. The first-order chi connectivity index (χ1) is 27.3. The second-order valence-electron chi connectivity index (χ2n) is 18.8. The molecule has 5 amide bonds. The van der Waals surface area contributed by atoms with E-state index in [-0.39, 0.29) is 41.5 Å². The summed E-state index contributed by atoms with van der Waals surface area (Å²) in [4.78, 5) is 95.2. The van der Waals surface area contributed by atoms with Crippen molar-refractivity contribution in [3.8, 4) is 0 Å². The normalized spacial score (nSPS) is 26.7. The molecule has 1 saturated heterocycles. The van der Waals surface area contributed by atoms with Crippen LogP contribution in [0.5, 0.6) is 0 Å². The van der Waals surface area contributed by atoms with Crippen LogP contribution in [0.15, 0.2) is 24.3 Å². The van der Waals surface area contributed by atoms with Gasteiger partial charge in [0.2, 0.25) is 23.5 Å². The number of allylic oxidation sites excluding steroid dienone is 3. The minimum Gasteiger partial charge on any atom is -0.444 e. The average Bonchev–Trinajstić information content (AvgIpc) is 3.84. The van der Waals surface area contributed by atoms with Gasteiger partial charge in [0.15, 0.2) is 5.78 Å². The quantitative estimate of drug-likeness (QED) is 0.107. The molecule has 15 heteroatoms. The molecule has 5 rings (SSSR count). The summed E-state index contributed by atoms with van der Waals surface area (Å²) in [7, 11) is 3.20. The highest BCUT2D eigenvalue weighted by atomic mass is 16.6. The van der Waals surface area contributed by atoms with Crippen molar-refractivity contribution >= 4 is 41.3 Å². The molecule has 5 aliphatic rings. The summed E-state index contributed by atoms with van der Waals surface area (Å²) in [6.07, 6.45) is 14.3. The third-order valence-electron chi connectivity index (χ3n) is 12.0. The molecule has 1 aliphatic heterocycles. The number of rotatable bonds is 17. The molecule has 0 aromatic carbocycles. The molecule has 4 fully saturated rings. The summed E-state index contributed by atoms with van der Waals surface area (Å²) in [5.41, 5.74) is -1.23. The third-order valence-corrected chi connectivity index (χ3v) is 12.0. The number of ketones is 2. The first-order valence-electron chi connectivity index (χ1n) is 21.2. The van der Waals surface area contributed by atoms with Crippen molar-refractivity contribution in [2.24, 2.45) is 35.5 Å².